The molecule has 0 aliphatic heterocycles. The van der Waals surface area contributed by atoms with Crippen molar-refractivity contribution < 1.29 is 23.9 Å². The quantitative estimate of drug-likeness (QED) is 0.0901. The third-order valence-electron chi connectivity index (χ3n) is 18.1. The summed E-state index contributed by atoms with van der Waals surface area (Å²) in [6.07, 6.45) is 2.05. The van der Waals surface area contributed by atoms with E-state index in [9.17, 15) is 9.59 Å². The normalized spacial score (nSPS) is 12.4. The number of carbonyl (C=O) groups is 4. The maximum Gasteiger partial charge on any atom is 0.195 e. The van der Waals surface area contributed by atoms with Gasteiger partial charge < -0.3 is 14.3 Å². The van der Waals surface area contributed by atoms with Crippen molar-refractivity contribution in [3.05, 3.63) is 416 Å². The first-order valence-electron chi connectivity index (χ1n) is 34.4. The Kier molecular flexibility index (Phi) is 20.0. The second kappa shape index (κ2) is 31.0. The zero-order chi connectivity index (χ0) is 70.4. The fourth-order valence-corrected chi connectivity index (χ4v) is 12.8. The molecule has 0 heterocycles. The first kappa shape index (κ1) is 66.5. The molecule has 2 aliphatic carbocycles. The molecule has 2 aliphatic rings. The largest absolute Gasteiger partial charge is 0.457 e. The van der Waals surface area contributed by atoms with Crippen molar-refractivity contribution in [1.29, 1.82) is 0 Å². The Labute approximate surface area is 602 Å². The molecule has 0 bridgehead atoms. The molecule has 0 atom stereocenters. The van der Waals surface area contributed by atoms with E-state index in [0.717, 1.165) is 122 Å². The zero-order valence-corrected chi connectivity index (χ0v) is 56.9. The highest BCUT2D eigenvalue weighted by atomic mass is 16.5. The lowest BCUT2D eigenvalue weighted by atomic mass is 9.88. The van der Waals surface area contributed by atoms with Crippen LogP contribution in [0, 0.1) is 47.4 Å². The predicted molar refractivity (Wildman–Crippen MR) is 417 cm³/mol. The van der Waals surface area contributed by atoms with Crippen LogP contribution in [0.15, 0.2) is 315 Å². The van der Waals surface area contributed by atoms with Gasteiger partial charge in [-0.15, -0.1) is 0 Å². The highest BCUT2D eigenvalue weighted by molar-refractivity contribution is 6.60. The van der Waals surface area contributed by atoms with E-state index in [4.69, 9.17) is 4.74 Å². The topological polar surface area (TPSA) is 77.5 Å². The van der Waals surface area contributed by atoms with E-state index in [0.29, 0.717) is 59.5 Å². The number of allylic oxidation sites excluding steroid dienone is 8. The summed E-state index contributed by atoms with van der Waals surface area (Å²) in [6.45, 7) is 3.22. The molecule has 0 amide bonds. The van der Waals surface area contributed by atoms with E-state index in [2.05, 4.69) is 71.6 Å². The molecule has 0 aromatic heterocycles. The Balaban J connectivity index is 0.849. The zero-order valence-electron chi connectivity index (χ0n) is 56.9. The molecule has 5 heteroatoms. The lowest BCUT2D eigenvalue weighted by molar-refractivity contribution is -0.117. The summed E-state index contributed by atoms with van der Waals surface area (Å²) in [4.78, 5) is 55.9. The summed E-state index contributed by atoms with van der Waals surface area (Å²) in [7, 11) is 0. The van der Waals surface area contributed by atoms with Crippen LogP contribution >= 0.6 is 0 Å². The van der Waals surface area contributed by atoms with Gasteiger partial charge in [0.2, 0.25) is 0 Å². The van der Waals surface area contributed by atoms with Crippen LogP contribution < -0.4 is 4.74 Å². The minimum absolute atomic E-state index is 0.119. The molecule has 0 saturated carbocycles. The predicted octanol–water partition coefficient (Wildman–Crippen LogP) is 20.3. The van der Waals surface area contributed by atoms with E-state index in [-0.39, 0.29) is 23.1 Å². The number of Topliss-reactive ketones (excluding diaryl/α,β-unsaturated/α-hetero) is 4. The molecule has 0 spiro atoms. The minimum Gasteiger partial charge on any atom is -0.457 e. The summed E-state index contributed by atoms with van der Waals surface area (Å²) < 4.78 is 6.76. The fraction of sp³-hybridized carbons (Fsp3) is 0.0612. The van der Waals surface area contributed by atoms with Gasteiger partial charge in [-0.25, -0.2) is 0 Å². The van der Waals surface area contributed by atoms with Crippen molar-refractivity contribution in [2.45, 2.75) is 39.5 Å². The average Bonchev–Trinajstić information content (AvgIpc) is 1.59. The monoisotopic (exact) mass is 1320 g/mol. The Morgan fingerprint density at radius 2 is 0.417 bits per heavy atom. The number of rotatable bonds is 16. The summed E-state index contributed by atoms with van der Waals surface area (Å²) in [5.74, 6) is 27.4. The molecule has 12 aromatic rings. The van der Waals surface area contributed by atoms with Gasteiger partial charge in [0.15, 0.2) is 11.6 Å². The van der Waals surface area contributed by atoms with Crippen molar-refractivity contribution in [3.63, 3.8) is 0 Å². The molecule has 103 heavy (non-hydrogen) atoms. The summed E-state index contributed by atoms with van der Waals surface area (Å²) in [5.41, 5.74) is 20.4. The van der Waals surface area contributed by atoms with Crippen LogP contribution in [-0.4, -0.2) is 23.1 Å². The van der Waals surface area contributed by atoms with Crippen LogP contribution in [0.4, 0.5) is 0 Å². The van der Waals surface area contributed by atoms with Gasteiger partial charge >= 0.3 is 0 Å². The van der Waals surface area contributed by atoms with Gasteiger partial charge in [-0.2, -0.15) is 0 Å². The maximum atomic E-state index is 15.8. The molecule has 0 unspecified atom stereocenters. The molecule has 12 aromatic carbocycles. The highest BCUT2D eigenvalue weighted by Crippen LogP contribution is 2.52. The molecular formula is C98H66O5. The Morgan fingerprint density at radius 3 is 0.631 bits per heavy atom. The molecule has 0 N–H and O–H groups in total. The van der Waals surface area contributed by atoms with E-state index < -0.39 is 0 Å². The van der Waals surface area contributed by atoms with Crippen LogP contribution in [0.5, 0.6) is 11.5 Å². The summed E-state index contributed by atoms with van der Waals surface area (Å²) in [6, 6.07) is 103. The molecule has 14 rings (SSSR count). The second-order valence-electron chi connectivity index (χ2n) is 25.4. The first-order chi connectivity index (χ1) is 50.5. The van der Waals surface area contributed by atoms with Gasteiger partial charge in [-0.1, -0.05) is 241 Å². The molecule has 0 saturated heterocycles. The minimum atomic E-state index is -0.126. The standard InChI is InChI=1S/C98H66O5/c1-67(99)23-25-73-35-47-79(48-36-73)89-91(95(85-55-43-77(44-56-85)33-29-71-19-11-5-12-20-71)97(101)93(89)83-51-39-75(40-52-83)31-27-69-15-7-3-8-16-69)81-59-63-87(64-60-81)103-88-65-61-82(62-66-88)92-90(80-49-37-74(38-50-80)26-24-68(2)100)94(84-53-41-76(42-54-84)32-28-70-17-9-4-10-18-70)98(102)96(92)86-57-45-78(46-58-86)34-30-72-21-13-6-14-22-72/h3-22,35-66H,23-26H2,1-2H3. The number of benzene rings is 12. The van der Waals surface area contributed by atoms with Crippen molar-refractivity contribution >= 4 is 67.7 Å². The Bertz CT molecular complexity index is 5260. The first-order valence-corrected chi connectivity index (χ1v) is 34.4. The third-order valence-corrected chi connectivity index (χ3v) is 18.1. The third kappa shape index (κ3) is 15.8. The van der Waals surface area contributed by atoms with Gasteiger partial charge in [0.05, 0.1) is 0 Å². The van der Waals surface area contributed by atoms with Gasteiger partial charge in [0.25, 0.3) is 0 Å². The van der Waals surface area contributed by atoms with Crippen LogP contribution in [-0.2, 0) is 32.0 Å². The van der Waals surface area contributed by atoms with Crippen molar-refractivity contribution in [1.82, 2.24) is 0 Å². The lowest BCUT2D eigenvalue weighted by Gasteiger charge is -2.16. The van der Waals surface area contributed by atoms with E-state index in [1.165, 1.54) is 0 Å². The van der Waals surface area contributed by atoms with E-state index >= 15 is 9.59 Å². The number of aryl methyl sites for hydroxylation is 2. The van der Waals surface area contributed by atoms with E-state index in [1.807, 2.05) is 291 Å². The SMILES string of the molecule is CC(=O)CCc1ccc(C2=C(c3ccc(C#Cc4ccccc4)cc3)C(=O)C(c3ccc(C#Cc4ccccc4)cc3)=C2c2ccc(Oc3ccc(C4=C(c5ccc(C#Cc6ccccc6)cc5)C(=O)C(c5ccc(C#Cc6ccccc6)cc5)=C4c4ccc(CCC(C)=O)cc4)cc3)cc2)cc1. The Morgan fingerprint density at radius 1 is 0.233 bits per heavy atom. The van der Waals surface area contributed by atoms with Gasteiger partial charge in [-0.3, -0.25) is 9.59 Å². The number of hydrogen-bond acceptors (Lipinski definition) is 5. The lowest BCUT2D eigenvalue weighted by Crippen LogP contribution is -2.02. The molecule has 0 radical (unpaired) electrons. The summed E-state index contributed by atoms with van der Waals surface area (Å²) in [5, 5.41) is 0. The van der Waals surface area contributed by atoms with Crippen molar-refractivity contribution in [2.24, 2.45) is 0 Å². The molecular weight excluding hydrogens is 1260 g/mol. The van der Waals surface area contributed by atoms with E-state index in [1.54, 1.807) is 13.8 Å². The van der Waals surface area contributed by atoms with Crippen molar-refractivity contribution in [2.75, 3.05) is 0 Å². The number of carbonyl (C=O) groups excluding carboxylic acids is 4. The van der Waals surface area contributed by atoms with Gasteiger partial charge in [0.1, 0.15) is 23.1 Å². The van der Waals surface area contributed by atoms with Crippen LogP contribution in [0.3, 0.4) is 0 Å². The number of ether oxygens (including phenoxy) is 1. The highest BCUT2D eigenvalue weighted by Gasteiger charge is 2.37. The number of ketones is 4. The number of hydrogen-bond donors (Lipinski definition) is 0. The maximum absolute atomic E-state index is 15.8. The average molecular weight is 1320 g/mol. The summed E-state index contributed by atoms with van der Waals surface area (Å²) >= 11 is 0. The fourth-order valence-electron chi connectivity index (χ4n) is 12.8. The van der Waals surface area contributed by atoms with Crippen LogP contribution in [0.2, 0.25) is 0 Å². The second-order valence-corrected chi connectivity index (χ2v) is 25.4. The van der Waals surface area contributed by atoms with Crippen molar-refractivity contribution in [3.8, 4) is 58.9 Å². The van der Waals surface area contributed by atoms with Crippen LogP contribution in [0.25, 0.3) is 44.6 Å². The Hall–Kier alpha value is -13.7. The van der Waals surface area contributed by atoms with Crippen LogP contribution in [0.1, 0.15) is 127 Å². The van der Waals surface area contributed by atoms with Gasteiger partial charge in [0, 0.05) is 102 Å². The smallest absolute Gasteiger partial charge is 0.195 e. The van der Waals surface area contributed by atoms with Gasteiger partial charge in [-0.05, 0) is 204 Å². The molecule has 488 valence electrons. The molecule has 5 nitrogen and oxygen atoms in total. The molecule has 0 fully saturated rings.